The second-order valence-corrected chi connectivity index (χ2v) is 1.43. The normalized spacial score (nSPS) is 10.5. The van der Waals surface area contributed by atoms with Gasteiger partial charge in [0.2, 0.25) is 0 Å². The van der Waals surface area contributed by atoms with Gasteiger partial charge >= 0.3 is 0 Å². The summed E-state index contributed by atoms with van der Waals surface area (Å²) in [5.74, 6) is 0. The van der Waals surface area contributed by atoms with Crippen LogP contribution in [0.2, 0.25) is 0 Å². The maximum absolute atomic E-state index is 8.24. The maximum Gasteiger partial charge on any atom is 0.0957 e. The summed E-state index contributed by atoms with van der Waals surface area (Å²) in [4.78, 5) is 0. The van der Waals surface area contributed by atoms with E-state index in [-0.39, 0.29) is 0 Å². The highest BCUT2D eigenvalue weighted by Crippen LogP contribution is 1.88. The van der Waals surface area contributed by atoms with Gasteiger partial charge in [0.25, 0.3) is 0 Å². The molecule has 0 spiro atoms. The number of hydrogen-bond donors (Lipinski definition) is 1. The van der Waals surface area contributed by atoms with Crippen LogP contribution < -0.4 is 0 Å². The quantitative estimate of drug-likeness (QED) is 0.543. The fourth-order valence-corrected chi connectivity index (χ4v) is 0.524. The zero-order valence-electron chi connectivity index (χ0n) is 4.36. The summed E-state index contributed by atoms with van der Waals surface area (Å²) < 4.78 is 1.75. The van der Waals surface area contributed by atoms with E-state index in [1.807, 2.05) is 24.5 Å². The summed E-state index contributed by atoms with van der Waals surface area (Å²) >= 11 is 0. The average Bonchev–Trinajstić information content (AvgIpc) is 2.19. The lowest BCUT2D eigenvalue weighted by atomic mass is 10.7. The molecule has 0 saturated carbocycles. The van der Waals surface area contributed by atoms with Gasteiger partial charge in [-0.1, -0.05) is 0 Å². The Morgan fingerprint density at radius 2 is 1.88 bits per heavy atom. The molecule has 0 saturated heterocycles. The molecule has 0 aliphatic heterocycles. The van der Waals surface area contributed by atoms with Gasteiger partial charge in [0.1, 0.15) is 0 Å². The molecule has 42 valence electrons. The highest BCUT2D eigenvalue weighted by atomic mass is 16.2. The van der Waals surface area contributed by atoms with Gasteiger partial charge in [0, 0.05) is 18.6 Å². The summed E-state index contributed by atoms with van der Waals surface area (Å²) in [7, 11) is 0. The Morgan fingerprint density at radius 3 is 2.38 bits per heavy atom. The molecule has 0 unspecified atom stereocenters. The predicted octanol–water partition coefficient (Wildman–Crippen LogP) is 1.47. The summed E-state index contributed by atoms with van der Waals surface area (Å²) in [6, 6.07) is 3.78. The van der Waals surface area contributed by atoms with E-state index < -0.39 is 0 Å². The van der Waals surface area contributed by atoms with Gasteiger partial charge in [-0.05, 0) is 12.1 Å². The van der Waals surface area contributed by atoms with E-state index in [2.05, 4.69) is 0 Å². The van der Waals surface area contributed by atoms with E-state index in [4.69, 9.17) is 5.11 Å². The van der Waals surface area contributed by atoms with Gasteiger partial charge in [-0.3, -0.25) is 0 Å². The Balaban J connectivity index is 2.77. The van der Waals surface area contributed by atoms with E-state index in [1.165, 1.54) is 0 Å². The molecule has 1 rings (SSSR count). The van der Waals surface area contributed by atoms with E-state index in [9.17, 15) is 0 Å². The molecule has 1 N–H and O–H groups in total. The highest BCUT2D eigenvalue weighted by molar-refractivity contribution is 5.19. The van der Waals surface area contributed by atoms with E-state index in [0.717, 1.165) is 6.26 Å². The van der Waals surface area contributed by atoms with Crippen molar-refractivity contribution < 1.29 is 5.11 Å². The van der Waals surface area contributed by atoms with Crippen molar-refractivity contribution in [3.8, 4) is 0 Å². The molecule has 0 aliphatic rings. The van der Waals surface area contributed by atoms with Crippen LogP contribution in [0, 0.1) is 0 Å². The Bertz CT molecular complexity index is 165. The highest BCUT2D eigenvalue weighted by Gasteiger charge is 1.74. The molecule has 8 heavy (non-hydrogen) atoms. The molecule has 0 radical (unpaired) electrons. The first-order chi connectivity index (χ1) is 3.93. The van der Waals surface area contributed by atoms with Crippen molar-refractivity contribution in [2.75, 3.05) is 0 Å². The first-order valence-corrected chi connectivity index (χ1v) is 2.37. The third kappa shape index (κ3) is 0.904. The molecule has 2 heteroatoms. The first kappa shape index (κ1) is 4.97. The molecule has 0 fully saturated rings. The summed E-state index contributed by atoms with van der Waals surface area (Å²) in [5, 5.41) is 8.24. The molecule has 0 atom stereocenters. The Morgan fingerprint density at radius 1 is 1.25 bits per heavy atom. The Kier molecular flexibility index (Phi) is 1.37. The van der Waals surface area contributed by atoms with Crippen molar-refractivity contribution in [1.82, 2.24) is 4.57 Å². The van der Waals surface area contributed by atoms with Crippen LogP contribution in [0.4, 0.5) is 0 Å². The van der Waals surface area contributed by atoms with Crippen molar-refractivity contribution in [2.24, 2.45) is 0 Å². The van der Waals surface area contributed by atoms with Crippen molar-refractivity contribution >= 4 is 6.20 Å². The molecule has 2 nitrogen and oxygen atoms in total. The van der Waals surface area contributed by atoms with Crippen LogP contribution in [-0.4, -0.2) is 9.67 Å². The van der Waals surface area contributed by atoms with Crippen LogP contribution in [0.5, 0.6) is 0 Å². The molecule has 0 aliphatic carbocycles. The third-order valence-corrected chi connectivity index (χ3v) is 0.866. The molecule has 0 aromatic carbocycles. The van der Waals surface area contributed by atoms with Crippen LogP contribution >= 0.6 is 0 Å². The van der Waals surface area contributed by atoms with Gasteiger partial charge < -0.3 is 9.67 Å². The standard InChI is InChI=1S/C6H7NO/c8-6-5-7-3-1-2-4-7/h1-6,8H. The van der Waals surface area contributed by atoms with E-state index in [1.54, 1.807) is 10.8 Å². The zero-order chi connectivity index (χ0) is 5.82. The molecule has 1 heterocycles. The van der Waals surface area contributed by atoms with Crippen molar-refractivity contribution in [3.05, 3.63) is 30.8 Å². The predicted molar refractivity (Wildman–Crippen MR) is 32.4 cm³/mol. The van der Waals surface area contributed by atoms with Gasteiger partial charge in [-0.25, -0.2) is 0 Å². The number of aliphatic hydroxyl groups is 1. The SMILES string of the molecule is OC=Cn1cccc1. The molecule has 1 aromatic rings. The number of aromatic nitrogens is 1. The van der Waals surface area contributed by atoms with Gasteiger partial charge in [0.05, 0.1) is 6.26 Å². The minimum atomic E-state index is 1.00. The Hall–Kier alpha value is -1.18. The Labute approximate surface area is 47.7 Å². The van der Waals surface area contributed by atoms with Crippen LogP contribution in [-0.2, 0) is 0 Å². The van der Waals surface area contributed by atoms with Gasteiger partial charge in [-0.15, -0.1) is 0 Å². The molecular weight excluding hydrogens is 102 g/mol. The fourth-order valence-electron chi connectivity index (χ4n) is 0.524. The molecule has 0 bridgehead atoms. The second kappa shape index (κ2) is 2.21. The van der Waals surface area contributed by atoms with Crippen LogP contribution in [0.1, 0.15) is 0 Å². The topological polar surface area (TPSA) is 25.2 Å². The molecular formula is C6H7NO. The largest absolute Gasteiger partial charge is 0.514 e. The fraction of sp³-hybridized carbons (Fsp3) is 0. The monoisotopic (exact) mass is 109 g/mol. The van der Waals surface area contributed by atoms with Crippen LogP contribution in [0.25, 0.3) is 6.20 Å². The number of nitrogens with zero attached hydrogens (tertiary/aromatic N) is 1. The van der Waals surface area contributed by atoms with Gasteiger partial charge in [-0.2, -0.15) is 0 Å². The number of rotatable bonds is 1. The maximum atomic E-state index is 8.24. The van der Waals surface area contributed by atoms with Crippen molar-refractivity contribution in [3.63, 3.8) is 0 Å². The lowest BCUT2D eigenvalue weighted by molar-refractivity contribution is 0.476. The summed E-state index contributed by atoms with van der Waals surface area (Å²) in [6.07, 6.45) is 6.24. The summed E-state index contributed by atoms with van der Waals surface area (Å²) in [5.41, 5.74) is 0. The lowest BCUT2D eigenvalue weighted by Crippen LogP contribution is -1.75. The van der Waals surface area contributed by atoms with Crippen LogP contribution in [0.3, 0.4) is 0 Å². The minimum absolute atomic E-state index is 1.00. The third-order valence-electron chi connectivity index (χ3n) is 0.866. The smallest absolute Gasteiger partial charge is 0.0957 e. The number of hydrogen-bond acceptors (Lipinski definition) is 1. The molecule has 1 aromatic heterocycles. The second-order valence-electron chi connectivity index (χ2n) is 1.43. The van der Waals surface area contributed by atoms with Crippen molar-refractivity contribution in [1.29, 1.82) is 0 Å². The summed E-state index contributed by atoms with van der Waals surface area (Å²) in [6.45, 7) is 0. The zero-order valence-corrected chi connectivity index (χ0v) is 4.36. The lowest BCUT2D eigenvalue weighted by Gasteiger charge is -1.84. The first-order valence-electron chi connectivity index (χ1n) is 2.37. The molecule has 0 amide bonds. The van der Waals surface area contributed by atoms with E-state index in [0.29, 0.717) is 0 Å². The van der Waals surface area contributed by atoms with Gasteiger partial charge in [0.15, 0.2) is 0 Å². The average molecular weight is 109 g/mol. The van der Waals surface area contributed by atoms with Crippen molar-refractivity contribution in [2.45, 2.75) is 0 Å². The number of aliphatic hydroxyl groups excluding tert-OH is 1. The van der Waals surface area contributed by atoms with E-state index >= 15 is 0 Å². The minimum Gasteiger partial charge on any atom is -0.514 e. The van der Waals surface area contributed by atoms with Crippen LogP contribution in [0.15, 0.2) is 30.8 Å².